The number of aromatic nitrogens is 3. The number of hydrogen-bond donors (Lipinski definition) is 1. The number of benzene rings is 2. The molecule has 1 aliphatic rings. The Morgan fingerprint density at radius 3 is 2.12 bits per heavy atom. The summed E-state index contributed by atoms with van der Waals surface area (Å²) in [6.07, 6.45) is -3.97. The molecule has 0 radical (unpaired) electrons. The van der Waals surface area contributed by atoms with Gasteiger partial charge < -0.3 is 0 Å². The van der Waals surface area contributed by atoms with E-state index in [1.165, 1.54) is 43.9 Å². The number of nitrogens with one attached hydrogen (secondary N) is 1. The van der Waals surface area contributed by atoms with E-state index in [0.29, 0.717) is 11.4 Å². The third kappa shape index (κ3) is 4.92. The molecule has 0 fully saturated rings. The van der Waals surface area contributed by atoms with Crippen LogP contribution in [-0.4, -0.2) is 33.7 Å². The van der Waals surface area contributed by atoms with Crippen LogP contribution in [0, 0.1) is 13.8 Å². The number of nitrogens with zero attached hydrogens (tertiary/aromatic N) is 5. The number of anilines is 1. The van der Waals surface area contributed by atoms with Crippen LogP contribution in [0.4, 0.5) is 23.2 Å². The second-order valence-electron chi connectivity index (χ2n) is 6.96. The van der Waals surface area contributed by atoms with Crippen LogP contribution in [-0.2, 0) is 0 Å². The summed E-state index contributed by atoms with van der Waals surface area (Å²) < 4.78 is 52.6. The van der Waals surface area contributed by atoms with E-state index in [4.69, 9.17) is 0 Å². The summed E-state index contributed by atoms with van der Waals surface area (Å²) >= 11 is 0. The molecule has 0 amide bonds. The van der Waals surface area contributed by atoms with Gasteiger partial charge in [-0.05, 0) is 49.2 Å². The Morgan fingerprint density at radius 1 is 0.938 bits per heavy atom. The number of rotatable bonds is 7. The third-order valence-electron chi connectivity index (χ3n) is 4.66. The van der Waals surface area contributed by atoms with E-state index >= 15 is 0 Å². The van der Waals surface area contributed by atoms with Crippen LogP contribution in [0.15, 0.2) is 57.5 Å². The maximum absolute atomic E-state index is 12.9. The summed E-state index contributed by atoms with van der Waals surface area (Å²) in [5.74, 6) is -0.519. The molecule has 0 aliphatic carbocycles. The Balaban J connectivity index is 1.50. The van der Waals surface area contributed by atoms with Gasteiger partial charge in [-0.15, -0.1) is 5.10 Å². The maximum atomic E-state index is 12.9. The highest BCUT2D eigenvalue weighted by atomic mass is 33.1. The average molecular weight is 483 g/mol. The van der Waals surface area contributed by atoms with Gasteiger partial charge in [-0.1, -0.05) is 33.7 Å². The van der Waals surface area contributed by atoms with Gasteiger partial charge in [-0.25, -0.2) is 32.2 Å². The second kappa shape index (κ2) is 9.51. The number of halogens is 4. The molecule has 32 heavy (non-hydrogen) atoms. The molecule has 0 bridgehead atoms. The lowest BCUT2D eigenvalue weighted by atomic mass is 10.2. The lowest BCUT2D eigenvalue weighted by molar-refractivity contribution is 0.107. The van der Waals surface area contributed by atoms with Crippen LogP contribution >= 0.6 is 21.6 Å². The molecule has 6 nitrogen and oxygen atoms in total. The molecule has 4 rings (SSSR count). The number of aryl methyl sites for hydroxylation is 2. The summed E-state index contributed by atoms with van der Waals surface area (Å²) in [7, 11) is 3.02. The quantitative estimate of drug-likeness (QED) is 0.351. The van der Waals surface area contributed by atoms with E-state index in [-0.39, 0.29) is 0 Å². The van der Waals surface area contributed by atoms with Crippen molar-refractivity contribution < 1.29 is 17.6 Å². The molecular weight excluding hydrogens is 464 g/mol. The van der Waals surface area contributed by atoms with Gasteiger partial charge in [0.05, 0.1) is 11.4 Å². The number of hydrogen-bond acceptors (Lipinski definition) is 7. The first-order valence-corrected chi connectivity index (χ1v) is 11.6. The summed E-state index contributed by atoms with van der Waals surface area (Å²) in [6.45, 7) is 3.92. The predicted octanol–water partition coefficient (Wildman–Crippen LogP) is 5.57. The zero-order chi connectivity index (χ0) is 22.8. The SMILES string of the molecule is Cc1ccc(N2C=NC(C(F)F)N2)cc1SSc1cc(-n2cnc(C(F)F)n2)ccc1C. The fourth-order valence-corrected chi connectivity index (χ4v) is 5.38. The van der Waals surface area contributed by atoms with Gasteiger partial charge in [0.25, 0.3) is 12.9 Å². The van der Waals surface area contributed by atoms with E-state index in [0.717, 1.165) is 20.9 Å². The van der Waals surface area contributed by atoms with Crippen molar-refractivity contribution in [3.8, 4) is 5.69 Å². The van der Waals surface area contributed by atoms with Crippen molar-refractivity contribution in [1.82, 2.24) is 20.2 Å². The molecule has 1 atom stereocenters. The fraction of sp³-hybridized carbons (Fsp3) is 0.250. The molecule has 1 unspecified atom stereocenters. The van der Waals surface area contributed by atoms with Crippen molar-refractivity contribution in [3.63, 3.8) is 0 Å². The molecule has 2 aromatic carbocycles. The van der Waals surface area contributed by atoms with Crippen LogP contribution in [0.25, 0.3) is 5.69 Å². The smallest absolute Gasteiger partial charge is 0.264 e. The topological polar surface area (TPSA) is 58.3 Å². The molecule has 2 heterocycles. The molecule has 1 N–H and O–H groups in total. The van der Waals surface area contributed by atoms with Crippen LogP contribution in [0.3, 0.4) is 0 Å². The van der Waals surface area contributed by atoms with E-state index in [9.17, 15) is 17.6 Å². The van der Waals surface area contributed by atoms with Gasteiger partial charge in [0.2, 0.25) is 5.82 Å². The molecule has 0 spiro atoms. The fourth-order valence-electron chi connectivity index (χ4n) is 2.85. The third-order valence-corrected chi connectivity index (χ3v) is 7.31. The maximum Gasteiger partial charge on any atom is 0.299 e. The highest BCUT2D eigenvalue weighted by molar-refractivity contribution is 8.76. The lowest BCUT2D eigenvalue weighted by Gasteiger charge is -2.19. The minimum Gasteiger partial charge on any atom is -0.264 e. The highest BCUT2D eigenvalue weighted by Crippen LogP contribution is 2.42. The van der Waals surface area contributed by atoms with Crippen LogP contribution in [0.2, 0.25) is 0 Å². The minimum atomic E-state index is -2.73. The Morgan fingerprint density at radius 2 is 1.56 bits per heavy atom. The lowest BCUT2D eigenvalue weighted by Crippen LogP contribution is -2.40. The summed E-state index contributed by atoms with van der Waals surface area (Å²) in [5, 5.41) is 5.29. The van der Waals surface area contributed by atoms with Gasteiger partial charge in [-0.2, -0.15) is 5.43 Å². The van der Waals surface area contributed by atoms with E-state index in [1.807, 2.05) is 44.2 Å². The van der Waals surface area contributed by atoms with Crippen molar-refractivity contribution in [2.45, 2.75) is 42.7 Å². The Bertz CT molecular complexity index is 1140. The largest absolute Gasteiger partial charge is 0.299 e. The molecule has 0 saturated carbocycles. The van der Waals surface area contributed by atoms with Crippen molar-refractivity contribution >= 4 is 33.6 Å². The van der Waals surface area contributed by atoms with Crippen LogP contribution < -0.4 is 10.4 Å². The van der Waals surface area contributed by atoms with E-state index < -0.39 is 24.8 Å². The zero-order valence-corrected chi connectivity index (χ0v) is 18.5. The average Bonchev–Trinajstić information content (AvgIpc) is 3.44. The van der Waals surface area contributed by atoms with Crippen LogP contribution in [0.5, 0.6) is 0 Å². The summed E-state index contributed by atoms with van der Waals surface area (Å²) in [5.41, 5.74) is 6.01. The monoisotopic (exact) mass is 482 g/mol. The number of alkyl halides is 4. The Kier molecular flexibility index (Phi) is 6.72. The van der Waals surface area contributed by atoms with Crippen molar-refractivity contribution in [2.75, 3.05) is 5.01 Å². The van der Waals surface area contributed by atoms with Crippen LogP contribution in [0.1, 0.15) is 23.4 Å². The van der Waals surface area contributed by atoms with Gasteiger partial charge in [0.15, 0.2) is 6.17 Å². The standard InChI is InChI=1S/C20H18F4N6S2/c1-11-3-5-13(29-9-25-19(27-29)17(21)22)7-15(11)31-32-16-8-14(6-4-12(16)2)30-10-26-20(28-30)18(23)24/h3-10,17-19,27H,1-2H3. The summed E-state index contributed by atoms with van der Waals surface area (Å²) in [6, 6.07) is 11.2. The Hall–Kier alpha value is -2.57. The van der Waals surface area contributed by atoms with Gasteiger partial charge in [0, 0.05) is 9.79 Å². The van der Waals surface area contributed by atoms with Crippen molar-refractivity contribution in [2.24, 2.45) is 4.99 Å². The molecule has 1 aromatic heterocycles. The first kappa shape index (κ1) is 22.6. The van der Waals surface area contributed by atoms with Crippen molar-refractivity contribution in [1.29, 1.82) is 0 Å². The predicted molar refractivity (Wildman–Crippen MR) is 118 cm³/mol. The first-order chi connectivity index (χ1) is 15.3. The number of aliphatic imine (C=N–C) groups is 1. The van der Waals surface area contributed by atoms with Gasteiger partial charge in [0.1, 0.15) is 12.7 Å². The van der Waals surface area contributed by atoms with E-state index in [2.05, 4.69) is 20.5 Å². The number of hydrazine groups is 1. The van der Waals surface area contributed by atoms with E-state index in [1.54, 1.807) is 6.07 Å². The Labute approximate surface area is 189 Å². The highest BCUT2D eigenvalue weighted by Gasteiger charge is 2.26. The molecule has 3 aromatic rings. The molecule has 1 aliphatic heterocycles. The van der Waals surface area contributed by atoms with Crippen molar-refractivity contribution in [3.05, 3.63) is 59.7 Å². The molecule has 168 valence electrons. The molecule has 12 heteroatoms. The normalized spacial score (nSPS) is 16.0. The summed E-state index contributed by atoms with van der Waals surface area (Å²) in [4.78, 5) is 9.29. The molecule has 0 saturated heterocycles. The second-order valence-corrected chi connectivity index (χ2v) is 9.17. The minimum absolute atomic E-state index is 0.519. The first-order valence-electron chi connectivity index (χ1n) is 9.44. The van der Waals surface area contributed by atoms with Gasteiger partial charge >= 0.3 is 0 Å². The van der Waals surface area contributed by atoms with Gasteiger partial charge in [-0.3, -0.25) is 5.01 Å². The zero-order valence-electron chi connectivity index (χ0n) is 16.9. The molecular formula is C20H18F4N6S2.